The molecule has 1 heterocycles. The Morgan fingerprint density at radius 3 is 2.63 bits per heavy atom. The third-order valence-electron chi connectivity index (χ3n) is 6.17. The summed E-state index contributed by atoms with van der Waals surface area (Å²) >= 11 is 14.6. The molecule has 5 rings (SSSR count). The average Bonchev–Trinajstić information content (AvgIpc) is 3.23. The molecule has 0 fully saturated rings. The summed E-state index contributed by atoms with van der Waals surface area (Å²) in [4.78, 5) is 1.31. The standard InChI is InChI=1S/C26H23Cl2NS/c1-16-12-17(15-30-19-6-3-2-4-7-19)13-23-20-8-5-9-21(20)26(29-25(16)23)22-11-10-18(27)14-24(22)28/h2-8,10-14,20-21,26,29H,9,15H2,1H3/t20?,21?,26-/m0/s1. The minimum atomic E-state index is 0.186. The van der Waals surface area contributed by atoms with Gasteiger partial charge in [0.15, 0.2) is 0 Å². The molecule has 1 aliphatic heterocycles. The van der Waals surface area contributed by atoms with Crippen molar-refractivity contribution in [2.24, 2.45) is 5.92 Å². The van der Waals surface area contributed by atoms with Crippen LogP contribution < -0.4 is 5.32 Å². The number of thioether (sulfide) groups is 1. The van der Waals surface area contributed by atoms with E-state index in [1.165, 1.54) is 27.3 Å². The topological polar surface area (TPSA) is 12.0 Å². The van der Waals surface area contributed by atoms with Gasteiger partial charge in [0.05, 0.1) is 6.04 Å². The molecule has 1 nitrogen and oxygen atoms in total. The van der Waals surface area contributed by atoms with E-state index < -0.39 is 0 Å². The van der Waals surface area contributed by atoms with E-state index in [2.05, 4.69) is 72.9 Å². The Labute approximate surface area is 192 Å². The van der Waals surface area contributed by atoms with E-state index in [9.17, 15) is 0 Å². The Hall–Kier alpha value is -1.87. The van der Waals surface area contributed by atoms with Gasteiger partial charge < -0.3 is 5.32 Å². The van der Waals surface area contributed by atoms with Crippen LogP contribution in [-0.2, 0) is 5.75 Å². The van der Waals surface area contributed by atoms with Crippen LogP contribution in [-0.4, -0.2) is 0 Å². The SMILES string of the molecule is Cc1cc(CSc2ccccc2)cc2c1N[C@H](c1ccc(Cl)cc1Cl)C1CC=CC21. The van der Waals surface area contributed by atoms with E-state index in [1.807, 2.05) is 23.9 Å². The number of rotatable bonds is 4. The summed E-state index contributed by atoms with van der Waals surface area (Å²) in [6.45, 7) is 2.21. The molecule has 1 N–H and O–H groups in total. The first-order valence-electron chi connectivity index (χ1n) is 10.3. The highest BCUT2D eigenvalue weighted by Crippen LogP contribution is 2.52. The molecule has 3 atom stereocenters. The lowest BCUT2D eigenvalue weighted by Crippen LogP contribution is -2.30. The number of fused-ring (bicyclic) bond motifs is 3. The fraction of sp³-hybridized carbons (Fsp3) is 0.231. The Kier molecular flexibility index (Phi) is 5.58. The van der Waals surface area contributed by atoms with E-state index in [-0.39, 0.29) is 6.04 Å². The van der Waals surface area contributed by atoms with Crippen LogP contribution in [0.15, 0.2) is 77.7 Å². The van der Waals surface area contributed by atoms with Gasteiger partial charge in [0, 0.05) is 32.3 Å². The maximum atomic E-state index is 6.60. The summed E-state index contributed by atoms with van der Waals surface area (Å²) in [6.07, 6.45) is 5.77. The molecule has 0 amide bonds. The minimum Gasteiger partial charge on any atom is -0.377 e. The highest BCUT2D eigenvalue weighted by atomic mass is 35.5. The molecule has 3 aromatic carbocycles. The third kappa shape index (κ3) is 3.77. The van der Waals surface area contributed by atoms with Crippen molar-refractivity contribution in [3.8, 4) is 0 Å². The van der Waals surface area contributed by atoms with Crippen molar-refractivity contribution >= 4 is 40.7 Å². The molecule has 2 unspecified atom stereocenters. The van der Waals surface area contributed by atoms with Crippen LogP contribution in [0.2, 0.25) is 10.0 Å². The molecular formula is C26H23Cl2NS. The van der Waals surface area contributed by atoms with Gasteiger partial charge in [-0.2, -0.15) is 0 Å². The van der Waals surface area contributed by atoms with Crippen LogP contribution in [0.1, 0.15) is 40.6 Å². The zero-order valence-electron chi connectivity index (χ0n) is 16.7. The van der Waals surface area contributed by atoms with Crippen molar-refractivity contribution in [2.75, 3.05) is 5.32 Å². The molecule has 4 heteroatoms. The summed E-state index contributed by atoms with van der Waals surface area (Å²) in [5, 5.41) is 5.26. The molecule has 1 aliphatic carbocycles. The van der Waals surface area contributed by atoms with Gasteiger partial charge in [-0.25, -0.2) is 0 Å². The fourth-order valence-electron chi connectivity index (χ4n) is 4.79. The van der Waals surface area contributed by atoms with Crippen molar-refractivity contribution < 1.29 is 0 Å². The van der Waals surface area contributed by atoms with Gasteiger partial charge in [-0.15, -0.1) is 11.8 Å². The van der Waals surface area contributed by atoms with Crippen LogP contribution in [0.4, 0.5) is 5.69 Å². The second kappa shape index (κ2) is 8.34. The van der Waals surface area contributed by atoms with Crippen molar-refractivity contribution in [1.29, 1.82) is 0 Å². The first-order chi connectivity index (χ1) is 14.6. The maximum absolute atomic E-state index is 6.60. The molecule has 2 aliphatic rings. The van der Waals surface area contributed by atoms with Crippen LogP contribution in [0.5, 0.6) is 0 Å². The molecule has 0 radical (unpaired) electrons. The summed E-state index contributed by atoms with van der Waals surface area (Å²) in [7, 11) is 0. The average molecular weight is 452 g/mol. The summed E-state index contributed by atoms with van der Waals surface area (Å²) in [5.41, 5.74) is 6.48. The van der Waals surface area contributed by atoms with E-state index in [0.717, 1.165) is 22.8 Å². The predicted molar refractivity (Wildman–Crippen MR) is 130 cm³/mol. The maximum Gasteiger partial charge on any atom is 0.0568 e. The van der Waals surface area contributed by atoms with Gasteiger partial charge >= 0.3 is 0 Å². The number of hydrogen-bond donors (Lipinski definition) is 1. The Bertz CT molecular complexity index is 1110. The second-order valence-electron chi connectivity index (χ2n) is 8.12. The number of halogens is 2. The Balaban J connectivity index is 1.48. The summed E-state index contributed by atoms with van der Waals surface area (Å²) in [5.74, 6) is 1.86. The van der Waals surface area contributed by atoms with Gasteiger partial charge in [-0.05, 0) is 65.8 Å². The van der Waals surface area contributed by atoms with Gasteiger partial charge in [0.2, 0.25) is 0 Å². The fourth-order valence-corrected chi connectivity index (χ4v) is 6.17. The van der Waals surface area contributed by atoms with E-state index in [0.29, 0.717) is 16.9 Å². The molecular weight excluding hydrogens is 429 g/mol. The van der Waals surface area contributed by atoms with E-state index in [1.54, 1.807) is 0 Å². The van der Waals surface area contributed by atoms with Crippen molar-refractivity contribution in [1.82, 2.24) is 0 Å². The van der Waals surface area contributed by atoms with Gasteiger partial charge in [0.1, 0.15) is 0 Å². The first kappa shape index (κ1) is 20.1. The lowest BCUT2D eigenvalue weighted by molar-refractivity contribution is 0.425. The Morgan fingerprint density at radius 1 is 1.00 bits per heavy atom. The third-order valence-corrected chi connectivity index (χ3v) is 7.82. The summed E-state index contributed by atoms with van der Waals surface area (Å²) < 4.78 is 0. The lowest BCUT2D eigenvalue weighted by Gasteiger charge is -2.39. The molecule has 0 spiro atoms. The molecule has 152 valence electrons. The first-order valence-corrected chi connectivity index (χ1v) is 12.0. The van der Waals surface area contributed by atoms with Crippen LogP contribution >= 0.6 is 35.0 Å². The normalized spacial score (nSPS) is 21.8. The highest BCUT2D eigenvalue weighted by molar-refractivity contribution is 7.98. The van der Waals surface area contributed by atoms with Crippen molar-refractivity contribution in [2.45, 2.75) is 36.0 Å². The predicted octanol–water partition coefficient (Wildman–Crippen LogP) is 8.42. The smallest absolute Gasteiger partial charge is 0.0568 e. The zero-order valence-corrected chi connectivity index (χ0v) is 19.1. The van der Waals surface area contributed by atoms with Crippen LogP contribution in [0.25, 0.3) is 0 Å². The summed E-state index contributed by atoms with van der Waals surface area (Å²) in [6, 6.07) is 21.4. The van der Waals surface area contributed by atoms with Crippen molar-refractivity contribution in [3.05, 3.63) is 105 Å². The van der Waals surface area contributed by atoms with E-state index >= 15 is 0 Å². The quantitative estimate of drug-likeness (QED) is 0.315. The van der Waals surface area contributed by atoms with Gasteiger partial charge in [0.25, 0.3) is 0 Å². The van der Waals surface area contributed by atoms with Crippen LogP contribution in [0, 0.1) is 12.8 Å². The largest absolute Gasteiger partial charge is 0.377 e. The number of hydrogen-bond acceptors (Lipinski definition) is 2. The van der Waals surface area contributed by atoms with Crippen molar-refractivity contribution in [3.63, 3.8) is 0 Å². The number of allylic oxidation sites excluding steroid dienone is 2. The number of anilines is 1. The minimum absolute atomic E-state index is 0.186. The second-order valence-corrected chi connectivity index (χ2v) is 10.0. The molecule has 0 aromatic heterocycles. The van der Waals surface area contributed by atoms with Gasteiger partial charge in [-0.3, -0.25) is 0 Å². The van der Waals surface area contributed by atoms with Crippen LogP contribution in [0.3, 0.4) is 0 Å². The highest BCUT2D eigenvalue weighted by Gasteiger charge is 2.39. The monoisotopic (exact) mass is 451 g/mol. The lowest BCUT2D eigenvalue weighted by atomic mass is 9.76. The number of nitrogens with one attached hydrogen (secondary N) is 1. The molecule has 3 aromatic rings. The molecule has 0 bridgehead atoms. The number of aryl methyl sites for hydroxylation is 1. The Morgan fingerprint density at radius 2 is 1.83 bits per heavy atom. The molecule has 0 saturated carbocycles. The number of benzene rings is 3. The van der Waals surface area contributed by atoms with Gasteiger partial charge in [-0.1, -0.05) is 71.8 Å². The molecule has 0 saturated heterocycles. The zero-order chi connectivity index (χ0) is 20.7. The van der Waals surface area contributed by atoms with E-state index in [4.69, 9.17) is 23.2 Å². The molecule has 30 heavy (non-hydrogen) atoms.